The smallest absolute Gasteiger partial charge is 0.222 e. The van der Waals surface area contributed by atoms with E-state index in [0.717, 1.165) is 12.0 Å². The van der Waals surface area contributed by atoms with E-state index in [2.05, 4.69) is 32.2 Å². The highest BCUT2D eigenvalue weighted by Gasteiger charge is 2.31. The van der Waals surface area contributed by atoms with Gasteiger partial charge in [0.15, 0.2) is 0 Å². The van der Waals surface area contributed by atoms with Crippen LogP contribution in [0.2, 0.25) is 0 Å². The van der Waals surface area contributed by atoms with Gasteiger partial charge in [0, 0.05) is 19.5 Å². The van der Waals surface area contributed by atoms with Crippen molar-refractivity contribution < 1.29 is 9.59 Å². The molecule has 23 heavy (non-hydrogen) atoms. The first-order chi connectivity index (χ1) is 10.7. The van der Waals surface area contributed by atoms with Gasteiger partial charge in [-0.1, -0.05) is 45.0 Å². The second-order valence-corrected chi connectivity index (χ2v) is 7.54. The summed E-state index contributed by atoms with van der Waals surface area (Å²) >= 11 is 0. The molecule has 126 valence electrons. The summed E-state index contributed by atoms with van der Waals surface area (Å²) in [4.78, 5) is 26.3. The van der Waals surface area contributed by atoms with Crippen LogP contribution in [0.25, 0.3) is 0 Å². The van der Waals surface area contributed by atoms with Crippen molar-refractivity contribution in [2.24, 2.45) is 5.41 Å². The third kappa shape index (κ3) is 4.12. The molecule has 1 aliphatic heterocycles. The molecule has 0 unspecified atom stereocenters. The number of benzene rings is 1. The van der Waals surface area contributed by atoms with E-state index in [1.165, 1.54) is 5.56 Å². The summed E-state index contributed by atoms with van der Waals surface area (Å²) in [6.07, 6.45) is 1.17. The van der Waals surface area contributed by atoms with Gasteiger partial charge in [-0.25, -0.2) is 0 Å². The maximum Gasteiger partial charge on any atom is 0.222 e. The Balaban J connectivity index is 2.18. The van der Waals surface area contributed by atoms with Crippen molar-refractivity contribution in [2.75, 3.05) is 6.54 Å². The number of amides is 2. The van der Waals surface area contributed by atoms with Gasteiger partial charge in [0.1, 0.15) is 0 Å². The number of nitrogens with zero attached hydrogens (tertiary/aromatic N) is 1. The van der Waals surface area contributed by atoms with Crippen LogP contribution in [0.1, 0.15) is 58.2 Å². The van der Waals surface area contributed by atoms with E-state index >= 15 is 0 Å². The molecule has 0 spiro atoms. The van der Waals surface area contributed by atoms with Crippen LogP contribution >= 0.6 is 0 Å². The van der Waals surface area contributed by atoms with Gasteiger partial charge >= 0.3 is 0 Å². The zero-order chi connectivity index (χ0) is 17.2. The molecule has 1 heterocycles. The van der Waals surface area contributed by atoms with Crippen LogP contribution in [0.4, 0.5) is 0 Å². The summed E-state index contributed by atoms with van der Waals surface area (Å²) in [5, 5.41) is 3.08. The van der Waals surface area contributed by atoms with Gasteiger partial charge in [-0.15, -0.1) is 0 Å². The minimum absolute atomic E-state index is 0.000350. The number of nitrogens with one attached hydrogen (secondary N) is 1. The van der Waals surface area contributed by atoms with Crippen molar-refractivity contribution in [1.82, 2.24) is 10.2 Å². The monoisotopic (exact) mass is 316 g/mol. The van der Waals surface area contributed by atoms with Crippen LogP contribution in [0.3, 0.4) is 0 Å². The van der Waals surface area contributed by atoms with E-state index in [1.54, 1.807) is 6.92 Å². The first kappa shape index (κ1) is 17.5. The lowest BCUT2D eigenvalue weighted by Gasteiger charge is -2.37. The minimum Gasteiger partial charge on any atom is -0.353 e. The number of carbonyl (C=O) groups is 2. The fraction of sp³-hybridized carbons (Fsp3) is 0.579. The third-order valence-corrected chi connectivity index (χ3v) is 4.87. The Labute approximate surface area is 139 Å². The van der Waals surface area contributed by atoms with Crippen LogP contribution in [0, 0.1) is 5.41 Å². The molecule has 1 aromatic rings. The molecule has 1 aromatic carbocycles. The Bertz CT molecular complexity index is 589. The standard InChI is InChI=1S/C19H28N2O2/c1-13(19(3,4)5)20-18(23)12-17-16-9-7-6-8-15(16)10-11-21(17)14(2)22/h6-9,13,17H,10-12H2,1-5H3,(H,20,23)/t13-,17-/m1/s1. The highest BCUT2D eigenvalue weighted by molar-refractivity contribution is 5.80. The molecular weight excluding hydrogens is 288 g/mol. The van der Waals surface area contributed by atoms with Crippen LogP contribution in [-0.4, -0.2) is 29.3 Å². The first-order valence-corrected chi connectivity index (χ1v) is 8.34. The molecule has 2 amide bonds. The van der Waals surface area contributed by atoms with Crippen molar-refractivity contribution in [3.05, 3.63) is 35.4 Å². The molecule has 1 aliphatic rings. The van der Waals surface area contributed by atoms with E-state index in [0.29, 0.717) is 13.0 Å². The van der Waals surface area contributed by atoms with E-state index in [4.69, 9.17) is 0 Å². The van der Waals surface area contributed by atoms with Crippen molar-refractivity contribution in [3.8, 4) is 0 Å². The molecule has 0 aliphatic carbocycles. The average Bonchev–Trinajstić information content (AvgIpc) is 2.46. The maximum absolute atomic E-state index is 12.5. The minimum atomic E-state index is -0.162. The van der Waals surface area contributed by atoms with E-state index in [-0.39, 0.29) is 29.3 Å². The molecule has 0 aromatic heterocycles. The van der Waals surface area contributed by atoms with Gasteiger partial charge in [0.2, 0.25) is 11.8 Å². The molecule has 4 heteroatoms. The highest BCUT2D eigenvalue weighted by Crippen LogP contribution is 2.32. The maximum atomic E-state index is 12.5. The van der Waals surface area contributed by atoms with E-state index in [1.807, 2.05) is 30.0 Å². The zero-order valence-corrected chi connectivity index (χ0v) is 14.8. The zero-order valence-electron chi connectivity index (χ0n) is 14.8. The predicted octanol–water partition coefficient (Wildman–Crippen LogP) is 3.07. The van der Waals surface area contributed by atoms with Gasteiger partial charge in [0.25, 0.3) is 0 Å². The van der Waals surface area contributed by atoms with E-state index < -0.39 is 0 Å². The van der Waals surface area contributed by atoms with Crippen LogP contribution in [0.5, 0.6) is 0 Å². The number of fused-ring (bicyclic) bond motifs is 1. The molecule has 0 fully saturated rings. The molecule has 2 atom stereocenters. The quantitative estimate of drug-likeness (QED) is 0.931. The summed E-state index contributed by atoms with van der Waals surface area (Å²) in [6.45, 7) is 10.6. The Hall–Kier alpha value is -1.84. The predicted molar refractivity (Wildman–Crippen MR) is 92.0 cm³/mol. The van der Waals surface area contributed by atoms with Gasteiger partial charge < -0.3 is 10.2 Å². The SMILES string of the molecule is CC(=O)N1CCc2ccccc2[C@H]1CC(=O)N[C@H](C)C(C)(C)C. The Morgan fingerprint density at radius 2 is 1.96 bits per heavy atom. The number of hydrogen-bond donors (Lipinski definition) is 1. The third-order valence-electron chi connectivity index (χ3n) is 4.87. The van der Waals surface area contributed by atoms with Crippen molar-refractivity contribution in [3.63, 3.8) is 0 Å². The number of rotatable bonds is 3. The highest BCUT2D eigenvalue weighted by atomic mass is 16.2. The summed E-state index contributed by atoms with van der Waals surface area (Å²) in [5.74, 6) is 0.0292. The first-order valence-electron chi connectivity index (χ1n) is 8.34. The fourth-order valence-electron chi connectivity index (χ4n) is 2.94. The summed E-state index contributed by atoms with van der Waals surface area (Å²) in [6, 6.07) is 8.04. The van der Waals surface area contributed by atoms with Crippen molar-refractivity contribution in [2.45, 2.75) is 59.5 Å². The number of carbonyl (C=O) groups excluding carboxylic acids is 2. The molecule has 2 rings (SSSR count). The molecular formula is C19H28N2O2. The Morgan fingerprint density at radius 1 is 1.30 bits per heavy atom. The lowest BCUT2D eigenvalue weighted by molar-refractivity contribution is -0.133. The van der Waals surface area contributed by atoms with Gasteiger partial charge in [-0.2, -0.15) is 0 Å². The Morgan fingerprint density at radius 3 is 2.57 bits per heavy atom. The van der Waals surface area contributed by atoms with Gasteiger partial charge in [-0.05, 0) is 29.9 Å². The molecule has 0 saturated heterocycles. The molecule has 0 bridgehead atoms. The second-order valence-electron chi connectivity index (χ2n) is 7.54. The topological polar surface area (TPSA) is 49.4 Å². The molecule has 1 N–H and O–H groups in total. The van der Waals surface area contributed by atoms with E-state index in [9.17, 15) is 9.59 Å². The Kier molecular flexibility index (Phi) is 5.12. The van der Waals surface area contributed by atoms with Gasteiger partial charge in [-0.3, -0.25) is 9.59 Å². The lowest BCUT2D eigenvalue weighted by atomic mass is 9.87. The van der Waals surface area contributed by atoms with Gasteiger partial charge in [0.05, 0.1) is 12.5 Å². The molecule has 0 radical (unpaired) electrons. The average molecular weight is 316 g/mol. The largest absolute Gasteiger partial charge is 0.353 e. The van der Waals surface area contributed by atoms with Crippen molar-refractivity contribution in [1.29, 1.82) is 0 Å². The van der Waals surface area contributed by atoms with Crippen LogP contribution in [0.15, 0.2) is 24.3 Å². The summed E-state index contributed by atoms with van der Waals surface area (Å²) in [5.41, 5.74) is 2.36. The lowest BCUT2D eigenvalue weighted by Crippen LogP contribution is -2.45. The normalized spacial score (nSPS) is 19.0. The van der Waals surface area contributed by atoms with Crippen molar-refractivity contribution >= 4 is 11.8 Å². The van der Waals surface area contributed by atoms with Crippen LogP contribution in [-0.2, 0) is 16.0 Å². The fourth-order valence-corrected chi connectivity index (χ4v) is 2.94. The second kappa shape index (κ2) is 6.73. The summed E-state index contributed by atoms with van der Waals surface area (Å²) < 4.78 is 0. The molecule has 4 nitrogen and oxygen atoms in total. The van der Waals surface area contributed by atoms with Crippen LogP contribution < -0.4 is 5.32 Å². The molecule has 0 saturated carbocycles. The summed E-state index contributed by atoms with van der Waals surface area (Å²) in [7, 11) is 0. The number of hydrogen-bond acceptors (Lipinski definition) is 2.